The molecular weight excluding hydrogens is 434 g/mol. The number of ketones is 1. The molecule has 3 rings (SSSR count). The van der Waals surface area contributed by atoms with E-state index in [-0.39, 0.29) is 40.9 Å². The van der Waals surface area contributed by atoms with Crippen LogP contribution < -0.4 is 9.47 Å². The molecule has 0 aliphatic carbocycles. The second-order valence-corrected chi connectivity index (χ2v) is 8.83. The number of nitrogens with zero attached hydrogens (tertiary/aromatic N) is 3. The van der Waals surface area contributed by atoms with Gasteiger partial charge in [-0.1, -0.05) is 11.6 Å². The summed E-state index contributed by atoms with van der Waals surface area (Å²) in [4.78, 5) is 25.0. The number of amides is 1. The van der Waals surface area contributed by atoms with Gasteiger partial charge < -0.3 is 9.47 Å². The molecule has 11 heteroatoms. The van der Waals surface area contributed by atoms with Crippen molar-refractivity contribution in [1.29, 1.82) is 0 Å². The molecule has 9 nitrogen and oxygen atoms in total. The van der Waals surface area contributed by atoms with E-state index in [1.165, 1.54) is 25.6 Å². The van der Waals surface area contributed by atoms with E-state index in [2.05, 4.69) is 5.10 Å². The lowest BCUT2D eigenvalue weighted by atomic mass is 10.1. The zero-order valence-electron chi connectivity index (χ0n) is 16.8. The Hall–Kier alpha value is -2.59. The van der Waals surface area contributed by atoms with Gasteiger partial charge in [0.25, 0.3) is 10.0 Å². The second-order valence-electron chi connectivity index (χ2n) is 6.67. The first-order valence-corrected chi connectivity index (χ1v) is 11.2. The maximum Gasteiger partial charge on any atom is 0.271 e. The highest BCUT2D eigenvalue weighted by atomic mass is 35.5. The fourth-order valence-corrected chi connectivity index (χ4v) is 5.35. The summed E-state index contributed by atoms with van der Waals surface area (Å²) >= 11 is 6.08. The van der Waals surface area contributed by atoms with Crippen molar-refractivity contribution in [2.75, 3.05) is 19.8 Å². The van der Waals surface area contributed by atoms with Gasteiger partial charge in [-0.05, 0) is 32.0 Å². The molecule has 0 saturated heterocycles. The molecule has 0 N–H and O–H groups in total. The Morgan fingerprint density at radius 1 is 1.20 bits per heavy atom. The number of fused-ring (bicyclic) bond motifs is 1. The van der Waals surface area contributed by atoms with E-state index in [4.69, 9.17) is 21.1 Å². The standard InChI is InChI=1S/C19H22ClN3O6S/c1-4-23(30(26,27)18-12(2)21-22(3)19(18)20)17(25)8-6-14(24)13-5-7-15-16(11-13)29-10-9-28-15/h5,7,11H,4,6,8-10H2,1-3H3. The summed E-state index contributed by atoms with van der Waals surface area (Å²) in [7, 11) is -2.68. The summed E-state index contributed by atoms with van der Waals surface area (Å²) in [6.07, 6.45) is -0.415. The van der Waals surface area contributed by atoms with Crippen LogP contribution in [0.3, 0.4) is 0 Å². The largest absolute Gasteiger partial charge is 0.486 e. The zero-order chi connectivity index (χ0) is 22.1. The van der Waals surface area contributed by atoms with Gasteiger partial charge in [0, 0.05) is 32.0 Å². The molecule has 1 aliphatic rings. The van der Waals surface area contributed by atoms with Gasteiger partial charge in [0.15, 0.2) is 17.3 Å². The number of halogens is 1. The van der Waals surface area contributed by atoms with E-state index < -0.39 is 15.9 Å². The van der Waals surface area contributed by atoms with Crippen LogP contribution in [0.2, 0.25) is 5.15 Å². The summed E-state index contributed by atoms with van der Waals surface area (Å²) in [5.41, 5.74) is 0.560. The number of sulfonamides is 1. The Balaban J connectivity index is 1.73. The molecule has 1 aliphatic heterocycles. The highest BCUT2D eigenvalue weighted by Crippen LogP contribution is 2.31. The number of hydrogen-bond acceptors (Lipinski definition) is 7. The molecule has 0 unspecified atom stereocenters. The molecule has 0 bridgehead atoms. The number of carbonyl (C=O) groups excluding carboxylic acids is 2. The van der Waals surface area contributed by atoms with Crippen LogP contribution >= 0.6 is 11.6 Å². The SMILES string of the molecule is CCN(C(=O)CCC(=O)c1ccc2c(c1)OCCO2)S(=O)(=O)c1c(C)nn(C)c1Cl. The van der Waals surface area contributed by atoms with Gasteiger partial charge in [-0.15, -0.1) is 0 Å². The van der Waals surface area contributed by atoms with Gasteiger partial charge in [0.2, 0.25) is 5.91 Å². The first kappa shape index (κ1) is 22.1. The molecule has 2 aromatic rings. The lowest BCUT2D eigenvalue weighted by Crippen LogP contribution is -2.37. The Morgan fingerprint density at radius 3 is 2.47 bits per heavy atom. The number of Topliss-reactive ketones (excluding diaryl/α,β-unsaturated/α-hetero) is 1. The topological polar surface area (TPSA) is 108 Å². The predicted octanol–water partition coefficient (Wildman–Crippen LogP) is 2.35. The number of aryl methyl sites for hydroxylation is 2. The number of benzene rings is 1. The number of carbonyl (C=O) groups is 2. The Labute approximate surface area is 179 Å². The van der Waals surface area contributed by atoms with E-state index in [0.29, 0.717) is 30.3 Å². The first-order valence-electron chi connectivity index (χ1n) is 9.34. The molecule has 0 fully saturated rings. The van der Waals surface area contributed by atoms with Crippen molar-refractivity contribution in [3.63, 3.8) is 0 Å². The molecular formula is C19H22ClN3O6S. The number of ether oxygens (including phenoxy) is 2. The third-order valence-corrected chi connectivity index (χ3v) is 7.24. The lowest BCUT2D eigenvalue weighted by molar-refractivity contribution is -0.126. The third kappa shape index (κ3) is 4.15. The molecule has 1 amide bonds. The minimum Gasteiger partial charge on any atom is -0.486 e. The maximum absolute atomic E-state index is 13.0. The van der Waals surface area contributed by atoms with Gasteiger partial charge in [0.05, 0.1) is 5.69 Å². The van der Waals surface area contributed by atoms with Crippen LogP contribution in [0.1, 0.15) is 35.8 Å². The Bertz CT molecular complexity index is 1100. The van der Waals surface area contributed by atoms with Gasteiger partial charge >= 0.3 is 0 Å². The van der Waals surface area contributed by atoms with Crippen LogP contribution in [-0.4, -0.2) is 54.0 Å². The zero-order valence-corrected chi connectivity index (χ0v) is 18.4. The normalized spacial score (nSPS) is 13.2. The second kappa shape index (κ2) is 8.65. The van der Waals surface area contributed by atoms with E-state index in [0.717, 1.165) is 4.31 Å². The predicted molar refractivity (Wildman–Crippen MR) is 109 cm³/mol. The molecule has 1 aromatic carbocycles. The molecule has 0 saturated carbocycles. The monoisotopic (exact) mass is 455 g/mol. The summed E-state index contributed by atoms with van der Waals surface area (Å²) in [6, 6.07) is 4.79. The fourth-order valence-electron chi connectivity index (χ4n) is 3.20. The summed E-state index contributed by atoms with van der Waals surface area (Å²) < 4.78 is 38.8. The number of aromatic nitrogens is 2. The van der Waals surface area contributed by atoms with Crippen LogP contribution in [0.15, 0.2) is 23.1 Å². The van der Waals surface area contributed by atoms with Crippen LogP contribution in [0.25, 0.3) is 0 Å². The number of hydrogen-bond donors (Lipinski definition) is 0. The fraction of sp³-hybridized carbons (Fsp3) is 0.421. The van der Waals surface area contributed by atoms with Crippen LogP contribution in [-0.2, 0) is 21.9 Å². The summed E-state index contributed by atoms with van der Waals surface area (Å²) in [6.45, 7) is 3.78. The lowest BCUT2D eigenvalue weighted by Gasteiger charge is -2.21. The van der Waals surface area contributed by atoms with Crippen LogP contribution in [0.4, 0.5) is 0 Å². The van der Waals surface area contributed by atoms with Gasteiger partial charge in [-0.3, -0.25) is 14.3 Å². The van der Waals surface area contributed by atoms with Crippen molar-refractivity contribution in [1.82, 2.24) is 14.1 Å². The summed E-state index contributed by atoms with van der Waals surface area (Å²) in [5, 5.41) is 3.92. The Morgan fingerprint density at radius 2 is 1.87 bits per heavy atom. The molecule has 0 spiro atoms. The molecule has 1 aromatic heterocycles. The van der Waals surface area contributed by atoms with Crippen molar-refractivity contribution < 1.29 is 27.5 Å². The first-order chi connectivity index (χ1) is 14.2. The maximum atomic E-state index is 13.0. The average molecular weight is 456 g/mol. The molecule has 162 valence electrons. The highest BCUT2D eigenvalue weighted by molar-refractivity contribution is 7.89. The van der Waals surface area contributed by atoms with Crippen LogP contribution in [0, 0.1) is 6.92 Å². The van der Waals surface area contributed by atoms with Gasteiger partial charge in [-0.2, -0.15) is 5.10 Å². The van der Waals surface area contributed by atoms with Gasteiger partial charge in [-0.25, -0.2) is 12.7 Å². The van der Waals surface area contributed by atoms with Crippen molar-refractivity contribution in [3.8, 4) is 11.5 Å². The van der Waals surface area contributed by atoms with Crippen molar-refractivity contribution in [2.24, 2.45) is 7.05 Å². The van der Waals surface area contributed by atoms with Gasteiger partial charge in [0.1, 0.15) is 23.3 Å². The smallest absolute Gasteiger partial charge is 0.271 e. The third-order valence-electron chi connectivity index (χ3n) is 4.64. The van der Waals surface area contributed by atoms with E-state index >= 15 is 0 Å². The van der Waals surface area contributed by atoms with Crippen molar-refractivity contribution in [3.05, 3.63) is 34.6 Å². The van der Waals surface area contributed by atoms with Crippen molar-refractivity contribution >= 4 is 33.3 Å². The van der Waals surface area contributed by atoms with E-state index in [9.17, 15) is 18.0 Å². The minimum atomic E-state index is -4.19. The molecule has 0 radical (unpaired) electrons. The average Bonchev–Trinajstić information content (AvgIpc) is 2.98. The quantitative estimate of drug-likeness (QED) is 0.589. The molecule has 2 heterocycles. The number of rotatable bonds is 7. The highest BCUT2D eigenvalue weighted by Gasteiger charge is 2.33. The van der Waals surface area contributed by atoms with Crippen LogP contribution in [0.5, 0.6) is 11.5 Å². The molecule has 30 heavy (non-hydrogen) atoms. The Kier molecular flexibility index (Phi) is 6.37. The molecule has 0 atom stereocenters. The van der Waals surface area contributed by atoms with Crippen molar-refractivity contribution in [2.45, 2.75) is 31.6 Å². The minimum absolute atomic E-state index is 0.0777. The summed E-state index contributed by atoms with van der Waals surface area (Å²) in [5.74, 6) is 0.0332. The van der Waals surface area contributed by atoms with E-state index in [1.807, 2.05) is 0 Å². The van der Waals surface area contributed by atoms with E-state index in [1.54, 1.807) is 18.2 Å².